The lowest BCUT2D eigenvalue weighted by Gasteiger charge is -2.13. The third-order valence-electron chi connectivity index (χ3n) is 5.28. The van der Waals surface area contributed by atoms with Crippen LogP contribution in [-0.4, -0.2) is 13.2 Å². The van der Waals surface area contributed by atoms with Gasteiger partial charge < -0.3 is 14.2 Å². The zero-order valence-corrected chi connectivity index (χ0v) is 18.7. The van der Waals surface area contributed by atoms with Crippen LogP contribution in [0.1, 0.15) is 11.1 Å². The van der Waals surface area contributed by atoms with E-state index >= 15 is 0 Å². The molecule has 3 nitrogen and oxygen atoms in total. The second-order valence-corrected chi connectivity index (χ2v) is 7.85. The number of rotatable bonds is 7. The maximum Gasteiger partial charge on any atom is 0.573 e. The Morgan fingerprint density at radius 2 is 1.03 bits per heavy atom. The largest absolute Gasteiger partial charge is 0.573 e. The SMILES string of the molecule is Cc1ccc(-c2ccc(OCOc3ccc(-c4ccc(OC(F)(F)F)c(C)c4)cc3)cc2)cc1. The van der Waals surface area contributed by atoms with E-state index in [1.165, 1.54) is 11.6 Å². The minimum atomic E-state index is -4.71. The van der Waals surface area contributed by atoms with Crippen molar-refractivity contribution in [3.8, 4) is 39.5 Å². The first-order valence-electron chi connectivity index (χ1n) is 10.7. The van der Waals surface area contributed by atoms with Crippen molar-refractivity contribution in [2.75, 3.05) is 6.79 Å². The molecule has 0 bridgehead atoms. The van der Waals surface area contributed by atoms with Crippen LogP contribution in [0, 0.1) is 13.8 Å². The lowest BCUT2D eigenvalue weighted by molar-refractivity contribution is -0.274. The molecule has 0 N–H and O–H groups in total. The molecule has 0 heterocycles. The fourth-order valence-electron chi connectivity index (χ4n) is 3.47. The third kappa shape index (κ3) is 6.10. The van der Waals surface area contributed by atoms with Gasteiger partial charge in [0.2, 0.25) is 6.79 Å². The van der Waals surface area contributed by atoms with Gasteiger partial charge in [0.1, 0.15) is 17.2 Å². The molecular weight excluding hydrogens is 441 g/mol. The van der Waals surface area contributed by atoms with E-state index in [0.717, 1.165) is 22.3 Å². The topological polar surface area (TPSA) is 27.7 Å². The molecule has 174 valence electrons. The van der Waals surface area contributed by atoms with E-state index in [1.807, 2.05) is 36.4 Å². The summed E-state index contributed by atoms with van der Waals surface area (Å²) in [5.74, 6) is 1.11. The zero-order valence-electron chi connectivity index (χ0n) is 18.7. The highest BCUT2D eigenvalue weighted by atomic mass is 19.4. The van der Waals surface area contributed by atoms with Crippen molar-refractivity contribution < 1.29 is 27.4 Å². The van der Waals surface area contributed by atoms with Crippen molar-refractivity contribution in [3.63, 3.8) is 0 Å². The molecule has 0 aliphatic carbocycles. The third-order valence-corrected chi connectivity index (χ3v) is 5.28. The molecule has 0 unspecified atom stereocenters. The van der Waals surface area contributed by atoms with Crippen LogP contribution in [0.5, 0.6) is 17.2 Å². The predicted octanol–water partition coefficient (Wildman–Crippen LogP) is 7.95. The van der Waals surface area contributed by atoms with Crippen molar-refractivity contribution in [1.29, 1.82) is 0 Å². The highest BCUT2D eigenvalue weighted by molar-refractivity contribution is 5.66. The number of hydrogen-bond donors (Lipinski definition) is 0. The van der Waals surface area contributed by atoms with E-state index in [1.54, 1.807) is 31.2 Å². The van der Waals surface area contributed by atoms with Gasteiger partial charge in [0.05, 0.1) is 0 Å². The van der Waals surface area contributed by atoms with Crippen molar-refractivity contribution >= 4 is 0 Å². The van der Waals surface area contributed by atoms with Crippen molar-refractivity contribution in [2.24, 2.45) is 0 Å². The van der Waals surface area contributed by atoms with E-state index in [0.29, 0.717) is 17.1 Å². The van der Waals surface area contributed by atoms with E-state index in [4.69, 9.17) is 9.47 Å². The first-order valence-corrected chi connectivity index (χ1v) is 10.7. The normalized spacial score (nSPS) is 11.2. The summed E-state index contributed by atoms with van der Waals surface area (Å²) in [4.78, 5) is 0. The summed E-state index contributed by atoms with van der Waals surface area (Å²) in [7, 11) is 0. The molecule has 4 aromatic carbocycles. The highest BCUT2D eigenvalue weighted by Gasteiger charge is 2.31. The quantitative estimate of drug-likeness (QED) is 0.260. The molecule has 0 atom stereocenters. The van der Waals surface area contributed by atoms with Crippen LogP contribution in [0.2, 0.25) is 0 Å². The lowest BCUT2D eigenvalue weighted by Crippen LogP contribution is -2.17. The van der Waals surface area contributed by atoms with Crippen LogP contribution in [0.15, 0.2) is 91.0 Å². The van der Waals surface area contributed by atoms with E-state index in [2.05, 4.69) is 35.9 Å². The Morgan fingerprint density at radius 1 is 0.588 bits per heavy atom. The van der Waals surface area contributed by atoms with Gasteiger partial charge in [-0.2, -0.15) is 0 Å². The Kier molecular flexibility index (Phi) is 6.77. The standard InChI is InChI=1S/C28H23F3O3/c1-19-3-5-21(6-4-19)22-7-12-25(13-8-22)32-18-33-26-14-9-23(10-15-26)24-11-16-27(20(2)17-24)34-28(29,30)31/h3-17H,18H2,1-2H3. The summed E-state index contributed by atoms with van der Waals surface area (Å²) >= 11 is 0. The van der Waals surface area contributed by atoms with E-state index in [-0.39, 0.29) is 12.5 Å². The molecule has 0 saturated heterocycles. The van der Waals surface area contributed by atoms with Crippen LogP contribution in [-0.2, 0) is 0 Å². The van der Waals surface area contributed by atoms with Crippen LogP contribution >= 0.6 is 0 Å². The Morgan fingerprint density at radius 3 is 1.50 bits per heavy atom. The molecule has 0 spiro atoms. The van der Waals surface area contributed by atoms with E-state index < -0.39 is 6.36 Å². The molecule has 0 amide bonds. The Hall–Kier alpha value is -3.93. The molecular formula is C28H23F3O3. The average Bonchev–Trinajstić information content (AvgIpc) is 2.81. The van der Waals surface area contributed by atoms with Gasteiger partial charge in [-0.25, -0.2) is 0 Å². The monoisotopic (exact) mass is 464 g/mol. The van der Waals surface area contributed by atoms with E-state index in [9.17, 15) is 13.2 Å². The number of benzene rings is 4. The van der Waals surface area contributed by atoms with Crippen LogP contribution in [0.4, 0.5) is 13.2 Å². The molecule has 4 rings (SSSR count). The molecule has 0 fully saturated rings. The first-order chi connectivity index (χ1) is 16.3. The van der Waals surface area contributed by atoms with Crippen LogP contribution in [0.3, 0.4) is 0 Å². The lowest BCUT2D eigenvalue weighted by atomic mass is 10.0. The highest BCUT2D eigenvalue weighted by Crippen LogP contribution is 2.31. The average molecular weight is 464 g/mol. The zero-order chi connectivity index (χ0) is 24.1. The second-order valence-electron chi connectivity index (χ2n) is 7.85. The first kappa shape index (κ1) is 23.2. The number of alkyl halides is 3. The minimum absolute atomic E-state index is 0.0474. The summed E-state index contributed by atoms with van der Waals surface area (Å²) in [6.07, 6.45) is -4.71. The number of halogens is 3. The summed E-state index contributed by atoms with van der Waals surface area (Å²) in [5.41, 5.74) is 5.50. The minimum Gasteiger partial charge on any atom is -0.458 e. The number of aryl methyl sites for hydroxylation is 2. The molecule has 0 aliphatic heterocycles. The summed E-state index contributed by atoms with van der Waals surface area (Å²) in [5, 5.41) is 0. The maximum atomic E-state index is 12.5. The Bertz CT molecular complexity index is 1230. The van der Waals surface area contributed by atoms with Crippen molar-refractivity contribution in [3.05, 3.63) is 102 Å². The van der Waals surface area contributed by atoms with Gasteiger partial charge in [0.25, 0.3) is 0 Å². The fourth-order valence-corrected chi connectivity index (χ4v) is 3.47. The Labute approximate surface area is 196 Å². The molecule has 34 heavy (non-hydrogen) atoms. The van der Waals surface area contributed by atoms with Crippen LogP contribution in [0.25, 0.3) is 22.3 Å². The fraction of sp³-hybridized carbons (Fsp3) is 0.143. The molecule has 0 saturated carbocycles. The second kappa shape index (κ2) is 9.91. The predicted molar refractivity (Wildman–Crippen MR) is 126 cm³/mol. The van der Waals surface area contributed by atoms with Gasteiger partial charge in [0, 0.05) is 0 Å². The van der Waals surface area contributed by atoms with Crippen molar-refractivity contribution in [2.45, 2.75) is 20.2 Å². The summed E-state index contributed by atoms with van der Waals surface area (Å²) in [6.45, 7) is 3.68. The van der Waals surface area contributed by atoms with Crippen LogP contribution < -0.4 is 14.2 Å². The molecule has 4 aromatic rings. The number of ether oxygens (including phenoxy) is 3. The van der Waals surface area contributed by atoms with Gasteiger partial charge >= 0.3 is 6.36 Å². The van der Waals surface area contributed by atoms with Gasteiger partial charge in [-0.3, -0.25) is 0 Å². The Balaban J connectivity index is 1.32. The van der Waals surface area contributed by atoms with Gasteiger partial charge in [-0.1, -0.05) is 60.2 Å². The van der Waals surface area contributed by atoms with Gasteiger partial charge in [-0.15, -0.1) is 13.2 Å². The molecule has 6 heteroatoms. The maximum absolute atomic E-state index is 12.5. The van der Waals surface area contributed by atoms with Gasteiger partial charge in [-0.05, 0) is 78.1 Å². The summed E-state index contributed by atoms with van der Waals surface area (Å²) < 4.78 is 52.7. The van der Waals surface area contributed by atoms with Gasteiger partial charge in [0.15, 0.2) is 0 Å². The molecule has 0 radical (unpaired) electrons. The number of hydrogen-bond acceptors (Lipinski definition) is 3. The molecule has 0 aliphatic rings. The summed E-state index contributed by atoms with van der Waals surface area (Å²) in [6, 6.07) is 27.9. The molecule has 0 aromatic heterocycles. The van der Waals surface area contributed by atoms with Crippen molar-refractivity contribution in [1.82, 2.24) is 0 Å². The smallest absolute Gasteiger partial charge is 0.458 e.